The summed E-state index contributed by atoms with van der Waals surface area (Å²) in [4.78, 5) is 14.0. The molecule has 0 saturated carbocycles. The molecule has 0 heterocycles. The van der Waals surface area contributed by atoms with E-state index in [2.05, 4.69) is 6.07 Å². The molecule has 19 heavy (non-hydrogen) atoms. The molecule has 1 amide bonds. The third kappa shape index (κ3) is 4.72. The van der Waals surface area contributed by atoms with Crippen LogP contribution in [0.25, 0.3) is 0 Å². The molecule has 102 valence electrons. The molecule has 1 rings (SSSR count). The molecule has 0 radical (unpaired) electrons. The molecule has 0 aliphatic heterocycles. The third-order valence-electron chi connectivity index (χ3n) is 2.94. The fourth-order valence-corrected chi connectivity index (χ4v) is 1.89. The van der Waals surface area contributed by atoms with Gasteiger partial charge in [0.2, 0.25) is 5.91 Å². The summed E-state index contributed by atoms with van der Waals surface area (Å²) >= 11 is 0. The number of hydrogen-bond acceptors (Lipinski definition) is 3. The molecule has 0 spiro atoms. The predicted octanol–water partition coefficient (Wildman–Crippen LogP) is 1.72. The lowest BCUT2D eigenvalue weighted by atomic mass is 10.1. The quantitative estimate of drug-likeness (QED) is 0.847. The number of benzene rings is 1. The zero-order chi connectivity index (χ0) is 14.3. The van der Waals surface area contributed by atoms with E-state index in [0.717, 1.165) is 5.56 Å². The lowest BCUT2D eigenvalue weighted by Crippen LogP contribution is -2.39. The van der Waals surface area contributed by atoms with Crippen LogP contribution < -0.4 is 0 Å². The highest BCUT2D eigenvalue weighted by atomic mass is 16.3. The van der Waals surface area contributed by atoms with Gasteiger partial charge in [-0.15, -0.1) is 0 Å². The van der Waals surface area contributed by atoms with Gasteiger partial charge in [-0.3, -0.25) is 4.79 Å². The Morgan fingerprint density at radius 1 is 1.37 bits per heavy atom. The summed E-state index contributed by atoms with van der Waals surface area (Å²) in [6.07, 6.45) is 0.923. The Balaban J connectivity index is 2.67. The molecule has 0 bridgehead atoms. The van der Waals surface area contributed by atoms with Gasteiger partial charge in [0, 0.05) is 19.2 Å². The molecule has 4 heteroatoms. The van der Waals surface area contributed by atoms with Crippen molar-refractivity contribution in [2.45, 2.75) is 32.7 Å². The zero-order valence-electron chi connectivity index (χ0n) is 11.5. The van der Waals surface area contributed by atoms with Crippen molar-refractivity contribution < 1.29 is 9.90 Å². The fraction of sp³-hybridized carbons (Fsp3) is 0.467. The standard InChI is InChI=1S/C15H20N2O2/c1-12(2)17(8-3-9-18)15(19)10-13-4-6-14(11-16)7-5-13/h4-7,12,18H,3,8-10H2,1-2H3. The van der Waals surface area contributed by atoms with E-state index >= 15 is 0 Å². The average Bonchev–Trinajstić information content (AvgIpc) is 2.39. The molecular formula is C15H20N2O2. The molecule has 4 nitrogen and oxygen atoms in total. The maximum Gasteiger partial charge on any atom is 0.227 e. The van der Waals surface area contributed by atoms with E-state index in [1.165, 1.54) is 0 Å². The minimum Gasteiger partial charge on any atom is -0.396 e. The topological polar surface area (TPSA) is 64.3 Å². The van der Waals surface area contributed by atoms with Gasteiger partial charge < -0.3 is 10.0 Å². The molecule has 0 unspecified atom stereocenters. The lowest BCUT2D eigenvalue weighted by molar-refractivity contribution is -0.132. The van der Waals surface area contributed by atoms with E-state index in [1.807, 2.05) is 13.8 Å². The Labute approximate surface area is 114 Å². The molecule has 0 saturated heterocycles. The second-order valence-corrected chi connectivity index (χ2v) is 4.74. The number of nitrogens with zero attached hydrogens (tertiary/aromatic N) is 2. The summed E-state index contributed by atoms with van der Waals surface area (Å²) in [7, 11) is 0. The second-order valence-electron chi connectivity index (χ2n) is 4.74. The number of aliphatic hydroxyl groups excluding tert-OH is 1. The van der Waals surface area contributed by atoms with Crippen molar-refractivity contribution >= 4 is 5.91 Å². The zero-order valence-corrected chi connectivity index (χ0v) is 11.5. The summed E-state index contributed by atoms with van der Waals surface area (Å²) in [5, 5.41) is 17.6. The Kier molecular flexibility index (Phi) is 6.04. The minimum absolute atomic E-state index is 0.0492. The molecule has 0 atom stereocenters. The number of nitriles is 1. The molecule has 0 aliphatic rings. The Morgan fingerprint density at radius 3 is 2.47 bits per heavy atom. The van der Waals surface area contributed by atoms with Gasteiger partial charge >= 0.3 is 0 Å². The Bertz CT molecular complexity index is 446. The van der Waals surface area contributed by atoms with Crippen LogP contribution in [-0.4, -0.2) is 35.1 Å². The molecule has 1 aromatic carbocycles. The van der Waals surface area contributed by atoms with Crippen LogP contribution >= 0.6 is 0 Å². The van der Waals surface area contributed by atoms with Crippen molar-refractivity contribution in [2.24, 2.45) is 0 Å². The van der Waals surface area contributed by atoms with E-state index < -0.39 is 0 Å². The molecule has 0 aromatic heterocycles. The summed E-state index contributed by atoms with van der Waals surface area (Å²) in [6, 6.07) is 9.23. The summed E-state index contributed by atoms with van der Waals surface area (Å²) in [6.45, 7) is 4.60. The maximum atomic E-state index is 12.2. The van der Waals surface area contributed by atoms with Crippen LogP contribution in [0.4, 0.5) is 0 Å². The van der Waals surface area contributed by atoms with Crippen LogP contribution in [0.1, 0.15) is 31.4 Å². The van der Waals surface area contributed by atoms with Gasteiger partial charge in [0.1, 0.15) is 0 Å². The van der Waals surface area contributed by atoms with Gasteiger partial charge in [0.05, 0.1) is 18.1 Å². The van der Waals surface area contributed by atoms with Crippen molar-refractivity contribution in [2.75, 3.05) is 13.2 Å². The molecule has 0 fully saturated rings. The first-order valence-electron chi connectivity index (χ1n) is 6.48. The highest BCUT2D eigenvalue weighted by Gasteiger charge is 2.16. The SMILES string of the molecule is CC(C)N(CCCO)C(=O)Cc1ccc(C#N)cc1. The monoisotopic (exact) mass is 260 g/mol. The van der Waals surface area contributed by atoms with E-state index in [9.17, 15) is 4.79 Å². The highest BCUT2D eigenvalue weighted by Crippen LogP contribution is 2.08. The highest BCUT2D eigenvalue weighted by molar-refractivity contribution is 5.79. The molecular weight excluding hydrogens is 240 g/mol. The van der Waals surface area contributed by atoms with Gasteiger partial charge in [0.25, 0.3) is 0 Å². The Hall–Kier alpha value is -1.86. The average molecular weight is 260 g/mol. The predicted molar refractivity (Wildman–Crippen MR) is 73.4 cm³/mol. The molecule has 1 aromatic rings. The lowest BCUT2D eigenvalue weighted by Gasteiger charge is -2.26. The van der Waals surface area contributed by atoms with Crippen LogP contribution in [0.15, 0.2) is 24.3 Å². The van der Waals surface area contributed by atoms with Crippen molar-refractivity contribution in [1.29, 1.82) is 5.26 Å². The summed E-state index contributed by atoms with van der Waals surface area (Å²) in [5.41, 5.74) is 1.50. The number of aliphatic hydroxyl groups is 1. The van der Waals surface area contributed by atoms with Gasteiger partial charge in [-0.2, -0.15) is 5.26 Å². The van der Waals surface area contributed by atoms with Crippen molar-refractivity contribution in [3.63, 3.8) is 0 Å². The van der Waals surface area contributed by atoms with E-state index in [1.54, 1.807) is 29.2 Å². The van der Waals surface area contributed by atoms with Gasteiger partial charge in [-0.1, -0.05) is 12.1 Å². The van der Waals surface area contributed by atoms with Crippen LogP contribution in [0.2, 0.25) is 0 Å². The second kappa shape index (κ2) is 7.55. The van der Waals surface area contributed by atoms with Crippen LogP contribution in [0, 0.1) is 11.3 Å². The van der Waals surface area contributed by atoms with Crippen LogP contribution in [-0.2, 0) is 11.2 Å². The molecule has 1 N–H and O–H groups in total. The number of carbonyl (C=O) groups is 1. The van der Waals surface area contributed by atoms with Gasteiger partial charge in [-0.05, 0) is 38.0 Å². The van der Waals surface area contributed by atoms with Crippen LogP contribution in [0.5, 0.6) is 0 Å². The number of hydrogen-bond donors (Lipinski definition) is 1. The van der Waals surface area contributed by atoms with E-state index in [0.29, 0.717) is 24.9 Å². The summed E-state index contributed by atoms with van der Waals surface area (Å²) < 4.78 is 0. The van der Waals surface area contributed by atoms with Crippen molar-refractivity contribution in [3.05, 3.63) is 35.4 Å². The van der Waals surface area contributed by atoms with Crippen molar-refractivity contribution in [3.8, 4) is 6.07 Å². The van der Waals surface area contributed by atoms with Gasteiger partial charge in [-0.25, -0.2) is 0 Å². The number of amides is 1. The smallest absolute Gasteiger partial charge is 0.227 e. The largest absolute Gasteiger partial charge is 0.396 e. The minimum atomic E-state index is 0.0492. The van der Waals surface area contributed by atoms with E-state index in [-0.39, 0.29) is 18.6 Å². The fourth-order valence-electron chi connectivity index (χ4n) is 1.89. The first-order valence-corrected chi connectivity index (χ1v) is 6.48. The van der Waals surface area contributed by atoms with Gasteiger partial charge in [0.15, 0.2) is 0 Å². The third-order valence-corrected chi connectivity index (χ3v) is 2.94. The number of rotatable bonds is 6. The molecule has 0 aliphatic carbocycles. The normalized spacial score (nSPS) is 10.3. The van der Waals surface area contributed by atoms with Crippen molar-refractivity contribution in [1.82, 2.24) is 4.90 Å². The number of carbonyl (C=O) groups excluding carboxylic acids is 1. The first-order chi connectivity index (χ1) is 9.08. The van der Waals surface area contributed by atoms with Crippen LogP contribution in [0.3, 0.4) is 0 Å². The van der Waals surface area contributed by atoms with E-state index in [4.69, 9.17) is 10.4 Å². The summed E-state index contributed by atoms with van der Waals surface area (Å²) in [5.74, 6) is 0.0492. The first kappa shape index (κ1) is 15.2. The Morgan fingerprint density at radius 2 is 2.00 bits per heavy atom. The maximum absolute atomic E-state index is 12.2.